The van der Waals surface area contributed by atoms with Gasteiger partial charge >= 0.3 is 0 Å². The summed E-state index contributed by atoms with van der Waals surface area (Å²) in [6.45, 7) is 0.346. The largest absolute Gasteiger partial charge is 0.330 e. The van der Waals surface area contributed by atoms with Crippen LogP contribution in [-0.2, 0) is 6.54 Å². The Bertz CT molecular complexity index is 435. The molecule has 0 atom stereocenters. The first kappa shape index (κ1) is 9.61. The number of carbonyl (C=O) groups excluding carboxylic acids is 1. The predicted molar refractivity (Wildman–Crippen MR) is 58.6 cm³/mol. The molecule has 0 amide bonds. The van der Waals surface area contributed by atoms with Crippen LogP contribution in [0.4, 0.5) is 0 Å². The number of hydrogen-bond acceptors (Lipinski definition) is 3. The number of nitrogens with zero attached hydrogens (tertiary/aromatic N) is 2. The van der Waals surface area contributed by atoms with Crippen molar-refractivity contribution in [2.75, 3.05) is 0 Å². The highest BCUT2D eigenvalue weighted by molar-refractivity contribution is 9.10. The van der Waals surface area contributed by atoms with Gasteiger partial charge in [0.1, 0.15) is 0 Å². The first-order valence-corrected chi connectivity index (χ1v) is 5.66. The van der Waals surface area contributed by atoms with Gasteiger partial charge in [0.05, 0.1) is 17.7 Å². The van der Waals surface area contributed by atoms with Crippen molar-refractivity contribution in [1.29, 1.82) is 0 Å². The summed E-state index contributed by atoms with van der Waals surface area (Å²) in [7, 11) is 0. The van der Waals surface area contributed by atoms with Crippen molar-refractivity contribution < 1.29 is 4.79 Å². The van der Waals surface area contributed by atoms with E-state index in [1.54, 1.807) is 23.3 Å². The minimum absolute atomic E-state index is 0.102. The van der Waals surface area contributed by atoms with Gasteiger partial charge in [-0.2, -0.15) is 0 Å². The first-order valence-electron chi connectivity index (χ1n) is 3.99. The van der Waals surface area contributed by atoms with Crippen LogP contribution in [0.2, 0.25) is 0 Å². The molecule has 72 valence electrons. The number of aromatic nitrogens is 2. The Hall–Kier alpha value is -0.940. The molecule has 0 radical (unpaired) electrons. The van der Waals surface area contributed by atoms with Gasteiger partial charge in [0.2, 0.25) is 0 Å². The van der Waals surface area contributed by atoms with Gasteiger partial charge in [0, 0.05) is 16.9 Å². The van der Waals surface area contributed by atoms with Crippen molar-refractivity contribution in [3.05, 3.63) is 39.5 Å². The number of rotatable bonds is 3. The van der Waals surface area contributed by atoms with Crippen LogP contribution in [0.1, 0.15) is 9.67 Å². The third-order valence-corrected chi connectivity index (χ3v) is 3.63. The number of thiophene rings is 1. The highest BCUT2D eigenvalue weighted by Gasteiger charge is 2.11. The van der Waals surface area contributed by atoms with E-state index in [0.717, 1.165) is 9.35 Å². The van der Waals surface area contributed by atoms with Crippen LogP contribution in [-0.4, -0.2) is 15.3 Å². The summed E-state index contributed by atoms with van der Waals surface area (Å²) in [6.07, 6.45) is 5.08. The highest BCUT2D eigenvalue weighted by Crippen LogP contribution is 2.23. The van der Waals surface area contributed by atoms with Crippen molar-refractivity contribution in [3.63, 3.8) is 0 Å². The standard InChI is InChI=1S/C9H7BrN2OS/c10-7-1-4-14-9(7)8(13)5-12-3-2-11-6-12/h1-4,6H,5H2. The number of imidazole rings is 1. The number of halogens is 1. The molecule has 0 bridgehead atoms. The van der Waals surface area contributed by atoms with Crippen LogP contribution in [0.3, 0.4) is 0 Å². The van der Waals surface area contributed by atoms with Crippen LogP contribution < -0.4 is 0 Å². The molecule has 0 saturated heterocycles. The molecule has 2 rings (SSSR count). The minimum atomic E-state index is 0.102. The average molecular weight is 271 g/mol. The molecule has 0 spiro atoms. The summed E-state index contributed by atoms with van der Waals surface area (Å²) < 4.78 is 2.63. The lowest BCUT2D eigenvalue weighted by atomic mass is 10.3. The maximum absolute atomic E-state index is 11.7. The lowest BCUT2D eigenvalue weighted by Gasteiger charge is -1.99. The van der Waals surface area contributed by atoms with Crippen LogP contribution in [0.5, 0.6) is 0 Å². The zero-order chi connectivity index (χ0) is 9.97. The highest BCUT2D eigenvalue weighted by atomic mass is 79.9. The molecule has 3 nitrogen and oxygen atoms in total. The summed E-state index contributed by atoms with van der Waals surface area (Å²) in [4.78, 5) is 16.4. The Morgan fingerprint density at radius 1 is 1.64 bits per heavy atom. The van der Waals surface area contributed by atoms with Crippen LogP contribution in [0.25, 0.3) is 0 Å². The Balaban J connectivity index is 2.14. The molecule has 2 aromatic rings. The molecule has 0 aromatic carbocycles. The second-order valence-electron chi connectivity index (χ2n) is 2.76. The molecule has 0 N–H and O–H groups in total. The van der Waals surface area contributed by atoms with E-state index in [1.165, 1.54) is 11.3 Å². The van der Waals surface area contributed by atoms with Gasteiger partial charge in [0.15, 0.2) is 5.78 Å². The predicted octanol–water partition coefficient (Wildman–Crippen LogP) is 2.59. The van der Waals surface area contributed by atoms with E-state index in [2.05, 4.69) is 20.9 Å². The van der Waals surface area contributed by atoms with E-state index in [1.807, 2.05) is 11.4 Å². The molecule has 0 fully saturated rings. The smallest absolute Gasteiger partial charge is 0.193 e. The molecule has 0 unspecified atom stereocenters. The van der Waals surface area contributed by atoms with E-state index < -0.39 is 0 Å². The SMILES string of the molecule is O=C(Cn1ccnc1)c1sccc1Br. The van der Waals surface area contributed by atoms with Crippen molar-refractivity contribution in [3.8, 4) is 0 Å². The molecule has 0 aliphatic carbocycles. The van der Waals surface area contributed by atoms with Gasteiger partial charge in [-0.3, -0.25) is 4.79 Å². The molecule has 0 saturated carbocycles. The third-order valence-electron chi connectivity index (χ3n) is 1.76. The summed E-state index contributed by atoms with van der Waals surface area (Å²) in [5.41, 5.74) is 0. The van der Waals surface area contributed by atoms with Gasteiger partial charge in [-0.25, -0.2) is 4.98 Å². The lowest BCUT2D eigenvalue weighted by Crippen LogP contribution is -2.07. The molecular formula is C9H7BrN2OS. The number of hydrogen-bond donors (Lipinski definition) is 0. The van der Waals surface area contributed by atoms with Crippen LogP contribution in [0, 0.1) is 0 Å². The summed E-state index contributed by atoms with van der Waals surface area (Å²) in [5, 5.41) is 1.89. The van der Waals surface area contributed by atoms with E-state index in [0.29, 0.717) is 6.54 Å². The average Bonchev–Trinajstić information content (AvgIpc) is 2.75. The number of Topliss-reactive ketones (excluding diaryl/α,β-unsaturated/α-hetero) is 1. The van der Waals surface area contributed by atoms with Crippen molar-refractivity contribution in [2.45, 2.75) is 6.54 Å². The minimum Gasteiger partial charge on any atom is -0.330 e. The zero-order valence-corrected chi connectivity index (χ0v) is 9.59. The van der Waals surface area contributed by atoms with E-state index >= 15 is 0 Å². The zero-order valence-electron chi connectivity index (χ0n) is 7.18. The maximum Gasteiger partial charge on any atom is 0.193 e. The van der Waals surface area contributed by atoms with Gasteiger partial charge < -0.3 is 4.57 Å². The van der Waals surface area contributed by atoms with Gasteiger partial charge in [-0.15, -0.1) is 11.3 Å². The van der Waals surface area contributed by atoms with E-state index in [4.69, 9.17) is 0 Å². The summed E-state index contributed by atoms with van der Waals surface area (Å²) in [5.74, 6) is 0.102. The molecule has 2 heterocycles. The van der Waals surface area contributed by atoms with Gasteiger partial charge in [-0.1, -0.05) is 0 Å². The fraction of sp³-hybridized carbons (Fsp3) is 0.111. The quantitative estimate of drug-likeness (QED) is 0.804. The molecule has 14 heavy (non-hydrogen) atoms. The Morgan fingerprint density at radius 2 is 2.50 bits per heavy atom. The third kappa shape index (κ3) is 1.93. The molecular weight excluding hydrogens is 264 g/mol. The fourth-order valence-electron chi connectivity index (χ4n) is 1.11. The molecule has 2 aromatic heterocycles. The second-order valence-corrected chi connectivity index (χ2v) is 4.53. The van der Waals surface area contributed by atoms with Gasteiger partial charge in [0.25, 0.3) is 0 Å². The lowest BCUT2D eigenvalue weighted by molar-refractivity contribution is 0.0975. The maximum atomic E-state index is 11.7. The Labute approximate surface area is 93.5 Å². The van der Waals surface area contributed by atoms with Crippen molar-refractivity contribution in [2.24, 2.45) is 0 Å². The normalized spacial score (nSPS) is 10.4. The van der Waals surface area contributed by atoms with E-state index in [9.17, 15) is 4.79 Å². The molecule has 5 heteroatoms. The van der Waals surface area contributed by atoms with Crippen molar-refractivity contribution in [1.82, 2.24) is 9.55 Å². The van der Waals surface area contributed by atoms with E-state index in [-0.39, 0.29) is 5.78 Å². The van der Waals surface area contributed by atoms with Crippen molar-refractivity contribution >= 4 is 33.0 Å². The monoisotopic (exact) mass is 270 g/mol. The van der Waals surface area contributed by atoms with Crippen LogP contribution >= 0.6 is 27.3 Å². The Kier molecular flexibility index (Phi) is 2.79. The topological polar surface area (TPSA) is 34.9 Å². The fourth-order valence-corrected chi connectivity index (χ4v) is 2.64. The Morgan fingerprint density at radius 3 is 3.07 bits per heavy atom. The van der Waals surface area contributed by atoms with Crippen LogP contribution in [0.15, 0.2) is 34.6 Å². The number of carbonyl (C=O) groups is 1. The first-order chi connectivity index (χ1) is 6.77. The second kappa shape index (κ2) is 4.06. The number of ketones is 1. The summed E-state index contributed by atoms with van der Waals surface area (Å²) >= 11 is 4.79. The summed E-state index contributed by atoms with van der Waals surface area (Å²) in [6, 6.07) is 1.88. The molecule has 0 aliphatic rings. The van der Waals surface area contributed by atoms with Gasteiger partial charge in [-0.05, 0) is 27.4 Å². The molecule has 0 aliphatic heterocycles.